The summed E-state index contributed by atoms with van der Waals surface area (Å²) in [7, 11) is 1.90. The number of likely N-dealkylation sites (tertiary alicyclic amines) is 1. The van der Waals surface area contributed by atoms with E-state index in [1.54, 1.807) is 4.68 Å². The normalized spacial score (nSPS) is 20.4. The van der Waals surface area contributed by atoms with Gasteiger partial charge in [0.25, 0.3) is 0 Å². The number of nitrogens with one attached hydrogen (secondary N) is 1. The number of carbonyl (C=O) groups is 1. The molecule has 1 saturated carbocycles. The summed E-state index contributed by atoms with van der Waals surface area (Å²) in [5, 5.41) is 7.63. The van der Waals surface area contributed by atoms with Crippen molar-refractivity contribution in [3.8, 4) is 0 Å². The number of piperidine rings is 1. The Balaban J connectivity index is 1.40. The molecule has 0 radical (unpaired) electrons. The number of amides is 2. The van der Waals surface area contributed by atoms with Crippen molar-refractivity contribution in [3.63, 3.8) is 0 Å². The number of imidazole rings is 1. The first-order valence-electron chi connectivity index (χ1n) is 9.71. The SMILES string of the molecule is Cc1nccn1CC[C@H]1CCCCN1C(=O)Nc1cc(C2CC2)nn1C. The number of rotatable bonds is 5. The molecule has 1 atom stereocenters. The molecular weight excluding hydrogens is 328 g/mol. The van der Waals surface area contributed by atoms with Gasteiger partial charge in [-0.3, -0.25) is 10.00 Å². The molecule has 0 unspecified atom stereocenters. The number of aromatic nitrogens is 4. The van der Waals surface area contributed by atoms with E-state index in [2.05, 4.69) is 20.0 Å². The van der Waals surface area contributed by atoms with Gasteiger partial charge in [-0.15, -0.1) is 0 Å². The first kappa shape index (κ1) is 17.1. The molecule has 1 aliphatic carbocycles. The van der Waals surface area contributed by atoms with Crippen LogP contribution in [0.15, 0.2) is 18.5 Å². The standard InChI is InChI=1S/C19H28N6O/c1-14-20-9-12-24(14)11-8-16-5-3-4-10-25(16)19(26)21-18-13-17(15-6-7-15)22-23(18)2/h9,12-13,15-16H,3-8,10-11H2,1-2H3,(H,21,26)/t16-/m1/s1. The van der Waals surface area contributed by atoms with Crippen LogP contribution >= 0.6 is 0 Å². The first-order valence-corrected chi connectivity index (χ1v) is 9.71. The van der Waals surface area contributed by atoms with Crippen molar-refractivity contribution in [2.24, 2.45) is 7.05 Å². The molecule has 1 saturated heterocycles. The van der Waals surface area contributed by atoms with Crippen LogP contribution in [0.1, 0.15) is 56.0 Å². The van der Waals surface area contributed by atoms with Crippen molar-refractivity contribution < 1.29 is 4.79 Å². The van der Waals surface area contributed by atoms with Gasteiger partial charge in [0.05, 0.1) is 5.69 Å². The van der Waals surface area contributed by atoms with Crippen molar-refractivity contribution in [2.45, 2.75) is 64.0 Å². The molecule has 2 fully saturated rings. The third kappa shape index (κ3) is 3.61. The third-order valence-electron chi connectivity index (χ3n) is 5.64. The maximum absolute atomic E-state index is 12.9. The average Bonchev–Trinajstić information content (AvgIpc) is 3.32. The fraction of sp³-hybridized carbons (Fsp3) is 0.632. The molecule has 140 valence electrons. The lowest BCUT2D eigenvalue weighted by molar-refractivity contribution is 0.155. The smallest absolute Gasteiger partial charge is 0.323 e. The van der Waals surface area contributed by atoms with Gasteiger partial charge in [-0.1, -0.05) is 0 Å². The van der Waals surface area contributed by atoms with Gasteiger partial charge >= 0.3 is 6.03 Å². The summed E-state index contributed by atoms with van der Waals surface area (Å²) in [6.45, 7) is 3.75. The molecular formula is C19H28N6O. The zero-order valence-electron chi connectivity index (χ0n) is 15.7. The van der Waals surface area contributed by atoms with Crippen LogP contribution in [0.2, 0.25) is 0 Å². The zero-order valence-corrected chi connectivity index (χ0v) is 15.7. The van der Waals surface area contributed by atoms with Gasteiger partial charge in [0, 0.05) is 50.6 Å². The number of urea groups is 1. The van der Waals surface area contributed by atoms with Crippen molar-refractivity contribution in [1.82, 2.24) is 24.2 Å². The molecule has 1 N–H and O–H groups in total. The molecule has 7 nitrogen and oxygen atoms in total. The van der Waals surface area contributed by atoms with Gasteiger partial charge in [-0.05, 0) is 45.4 Å². The summed E-state index contributed by atoms with van der Waals surface area (Å²) in [4.78, 5) is 19.2. The summed E-state index contributed by atoms with van der Waals surface area (Å²) in [5.74, 6) is 2.42. The van der Waals surface area contributed by atoms with E-state index in [0.29, 0.717) is 5.92 Å². The topological polar surface area (TPSA) is 68.0 Å². The Morgan fingerprint density at radius 3 is 2.88 bits per heavy atom. The predicted octanol–water partition coefficient (Wildman–Crippen LogP) is 3.28. The van der Waals surface area contributed by atoms with E-state index >= 15 is 0 Å². The second kappa shape index (κ2) is 7.13. The molecule has 2 aromatic rings. The Hall–Kier alpha value is -2.31. The van der Waals surface area contributed by atoms with Crippen LogP contribution in [0.5, 0.6) is 0 Å². The fourth-order valence-electron chi connectivity index (χ4n) is 3.86. The lowest BCUT2D eigenvalue weighted by atomic mass is 9.99. The summed E-state index contributed by atoms with van der Waals surface area (Å²) in [6, 6.07) is 2.31. The second-order valence-electron chi connectivity index (χ2n) is 7.58. The number of anilines is 1. The number of aryl methyl sites for hydroxylation is 3. The van der Waals surface area contributed by atoms with E-state index in [9.17, 15) is 4.79 Å². The van der Waals surface area contributed by atoms with E-state index < -0.39 is 0 Å². The lowest BCUT2D eigenvalue weighted by Crippen LogP contribution is -2.46. The Bertz CT molecular complexity index is 775. The third-order valence-corrected chi connectivity index (χ3v) is 5.64. The van der Waals surface area contributed by atoms with Crippen molar-refractivity contribution >= 4 is 11.8 Å². The largest absolute Gasteiger partial charge is 0.335 e. The van der Waals surface area contributed by atoms with Gasteiger partial charge in [0.2, 0.25) is 0 Å². The number of carbonyl (C=O) groups excluding carboxylic acids is 1. The molecule has 2 aliphatic rings. The summed E-state index contributed by atoms with van der Waals surface area (Å²) < 4.78 is 3.95. The molecule has 0 spiro atoms. The molecule has 26 heavy (non-hydrogen) atoms. The molecule has 0 bridgehead atoms. The minimum atomic E-state index is 0.00222. The second-order valence-corrected chi connectivity index (χ2v) is 7.58. The van der Waals surface area contributed by atoms with Gasteiger partial charge in [-0.25, -0.2) is 9.78 Å². The number of nitrogens with zero attached hydrogens (tertiary/aromatic N) is 5. The van der Waals surface area contributed by atoms with E-state index in [4.69, 9.17) is 0 Å². The Morgan fingerprint density at radius 2 is 2.15 bits per heavy atom. The van der Waals surface area contributed by atoms with Crippen molar-refractivity contribution in [3.05, 3.63) is 30.0 Å². The zero-order chi connectivity index (χ0) is 18.1. The van der Waals surface area contributed by atoms with Crippen LogP contribution in [0, 0.1) is 6.92 Å². The Kier molecular flexibility index (Phi) is 4.70. The van der Waals surface area contributed by atoms with Crippen LogP contribution in [0.25, 0.3) is 0 Å². The molecule has 7 heteroatoms. The van der Waals surface area contributed by atoms with E-state index in [1.165, 1.54) is 19.3 Å². The maximum atomic E-state index is 12.9. The molecule has 2 aromatic heterocycles. The van der Waals surface area contributed by atoms with Crippen LogP contribution in [0.3, 0.4) is 0 Å². The highest BCUT2D eigenvalue weighted by atomic mass is 16.2. The molecule has 1 aliphatic heterocycles. The summed E-state index contributed by atoms with van der Waals surface area (Å²) >= 11 is 0. The first-order chi connectivity index (χ1) is 12.6. The van der Waals surface area contributed by atoms with E-state index in [0.717, 1.165) is 49.7 Å². The highest BCUT2D eigenvalue weighted by molar-refractivity contribution is 5.88. The van der Waals surface area contributed by atoms with Gasteiger partial charge < -0.3 is 9.47 Å². The lowest BCUT2D eigenvalue weighted by Gasteiger charge is -2.36. The van der Waals surface area contributed by atoms with Crippen LogP contribution in [0.4, 0.5) is 10.6 Å². The predicted molar refractivity (Wildman–Crippen MR) is 100 cm³/mol. The maximum Gasteiger partial charge on any atom is 0.323 e. The van der Waals surface area contributed by atoms with Crippen LogP contribution in [-0.4, -0.2) is 42.8 Å². The molecule has 3 heterocycles. The quantitative estimate of drug-likeness (QED) is 0.894. The average molecular weight is 356 g/mol. The summed E-state index contributed by atoms with van der Waals surface area (Å²) in [6.07, 6.45) is 10.6. The van der Waals surface area contributed by atoms with Gasteiger partial charge in [-0.2, -0.15) is 5.10 Å². The highest BCUT2D eigenvalue weighted by Gasteiger charge is 2.29. The van der Waals surface area contributed by atoms with Crippen molar-refractivity contribution in [1.29, 1.82) is 0 Å². The van der Waals surface area contributed by atoms with E-state index in [-0.39, 0.29) is 12.1 Å². The number of hydrogen-bond donors (Lipinski definition) is 1. The monoisotopic (exact) mass is 356 g/mol. The highest BCUT2D eigenvalue weighted by Crippen LogP contribution is 2.40. The van der Waals surface area contributed by atoms with Crippen LogP contribution < -0.4 is 5.32 Å². The van der Waals surface area contributed by atoms with Crippen LogP contribution in [-0.2, 0) is 13.6 Å². The van der Waals surface area contributed by atoms with Crippen molar-refractivity contribution in [2.75, 3.05) is 11.9 Å². The van der Waals surface area contributed by atoms with Gasteiger partial charge in [0.1, 0.15) is 11.6 Å². The van der Waals surface area contributed by atoms with E-state index in [1.807, 2.05) is 37.3 Å². The fourth-order valence-corrected chi connectivity index (χ4v) is 3.86. The Labute approximate surface area is 154 Å². The minimum absolute atomic E-state index is 0.00222. The minimum Gasteiger partial charge on any atom is -0.335 e. The Morgan fingerprint density at radius 1 is 1.31 bits per heavy atom. The molecule has 4 rings (SSSR count). The summed E-state index contributed by atoms with van der Waals surface area (Å²) in [5.41, 5.74) is 1.11. The molecule has 0 aromatic carbocycles. The molecule has 2 amide bonds. The van der Waals surface area contributed by atoms with Gasteiger partial charge in [0.15, 0.2) is 0 Å². The number of hydrogen-bond acceptors (Lipinski definition) is 3.